The maximum Gasteiger partial charge on any atom is 0.264 e. The number of anilines is 1. The molecule has 11 heteroatoms. The number of carbonyl (C=O) groups excluding carboxylic acids is 2. The SMILES string of the molecule is CCCNC(=O)[C@H](C)N(Cc1ccccc1F)C(=O)CN(c1ccc(F)cc1)S(=O)(=O)c1ccc(OC)cc1. The summed E-state index contributed by atoms with van der Waals surface area (Å²) in [5, 5.41) is 2.71. The van der Waals surface area contributed by atoms with Crippen molar-refractivity contribution in [3.05, 3.63) is 90.0 Å². The Morgan fingerprint density at radius 2 is 1.62 bits per heavy atom. The minimum absolute atomic E-state index is 0.0366. The number of ether oxygens (including phenoxy) is 1. The van der Waals surface area contributed by atoms with Gasteiger partial charge in [-0.1, -0.05) is 25.1 Å². The minimum atomic E-state index is -4.33. The molecule has 0 aromatic heterocycles. The molecule has 0 fully saturated rings. The molecule has 0 aliphatic heterocycles. The number of sulfonamides is 1. The van der Waals surface area contributed by atoms with Crippen LogP contribution in [0, 0.1) is 11.6 Å². The van der Waals surface area contributed by atoms with Crippen molar-refractivity contribution in [1.82, 2.24) is 10.2 Å². The van der Waals surface area contributed by atoms with Crippen LogP contribution in [0.25, 0.3) is 0 Å². The zero-order valence-corrected chi connectivity index (χ0v) is 22.8. The Morgan fingerprint density at radius 1 is 0.974 bits per heavy atom. The van der Waals surface area contributed by atoms with Crippen molar-refractivity contribution in [2.45, 2.75) is 37.8 Å². The van der Waals surface area contributed by atoms with Gasteiger partial charge in [0.15, 0.2) is 0 Å². The van der Waals surface area contributed by atoms with Crippen LogP contribution in [0.5, 0.6) is 5.75 Å². The molecule has 208 valence electrons. The van der Waals surface area contributed by atoms with Gasteiger partial charge in [-0.2, -0.15) is 0 Å². The summed E-state index contributed by atoms with van der Waals surface area (Å²) in [5.74, 6) is -1.94. The van der Waals surface area contributed by atoms with Gasteiger partial charge < -0.3 is 15.0 Å². The highest BCUT2D eigenvalue weighted by atomic mass is 32.2. The van der Waals surface area contributed by atoms with Gasteiger partial charge in [-0.05, 0) is 67.9 Å². The maximum atomic E-state index is 14.5. The van der Waals surface area contributed by atoms with E-state index in [1.54, 1.807) is 6.07 Å². The Morgan fingerprint density at radius 3 is 2.21 bits per heavy atom. The molecule has 1 N–H and O–H groups in total. The van der Waals surface area contributed by atoms with E-state index in [2.05, 4.69) is 5.32 Å². The van der Waals surface area contributed by atoms with Crippen LogP contribution in [0.4, 0.5) is 14.5 Å². The monoisotopic (exact) mass is 559 g/mol. The van der Waals surface area contributed by atoms with Crippen molar-refractivity contribution in [2.75, 3.05) is 24.5 Å². The van der Waals surface area contributed by atoms with Gasteiger partial charge in [0.25, 0.3) is 10.0 Å². The van der Waals surface area contributed by atoms with E-state index in [9.17, 15) is 26.8 Å². The summed E-state index contributed by atoms with van der Waals surface area (Å²) < 4.78 is 61.6. The van der Waals surface area contributed by atoms with Crippen LogP contribution in [0.3, 0.4) is 0 Å². The zero-order chi connectivity index (χ0) is 28.6. The lowest BCUT2D eigenvalue weighted by Gasteiger charge is -2.32. The Labute approximate surface area is 227 Å². The Balaban J connectivity index is 2.02. The number of carbonyl (C=O) groups is 2. The fraction of sp³-hybridized carbons (Fsp3) is 0.286. The highest BCUT2D eigenvalue weighted by Gasteiger charge is 2.32. The van der Waals surface area contributed by atoms with Gasteiger partial charge in [0.05, 0.1) is 17.7 Å². The van der Waals surface area contributed by atoms with E-state index < -0.39 is 46.1 Å². The molecule has 3 aromatic carbocycles. The first-order valence-electron chi connectivity index (χ1n) is 12.3. The summed E-state index contributed by atoms with van der Waals surface area (Å²) >= 11 is 0. The summed E-state index contributed by atoms with van der Waals surface area (Å²) in [4.78, 5) is 27.5. The first kappa shape index (κ1) is 29.6. The fourth-order valence-electron chi connectivity index (χ4n) is 3.80. The second-order valence-corrected chi connectivity index (χ2v) is 10.6. The van der Waals surface area contributed by atoms with Gasteiger partial charge in [0, 0.05) is 18.7 Å². The van der Waals surface area contributed by atoms with E-state index in [4.69, 9.17) is 4.74 Å². The van der Waals surface area contributed by atoms with Crippen molar-refractivity contribution < 1.29 is 31.5 Å². The first-order valence-corrected chi connectivity index (χ1v) is 13.8. The summed E-state index contributed by atoms with van der Waals surface area (Å²) in [6.07, 6.45) is 0.665. The summed E-state index contributed by atoms with van der Waals surface area (Å²) in [5.41, 5.74) is 0.196. The molecule has 0 bridgehead atoms. The number of hydrogen-bond donors (Lipinski definition) is 1. The van der Waals surface area contributed by atoms with Gasteiger partial charge in [-0.15, -0.1) is 0 Å². The number of hydrogen-bond acceptors (Lipinski definition) is 5. The Bertz CT molecular complexity index is 1380. The van der Waals surface area contributed by atoms with E-state index in [0.717, 1.165) is 21.3 Å². The highest BCUT2D eigenvalue weighted by Crippen LogP contribution is 2.26. The van der Waals surface area contributed by atoms with Crippen molar-refractivity contribution in [2.24, 2.45) is 0 Å². The Kier molecular flexibility index (Phi) is 10.00. The number of amides is 2. The fourth-order valence-corrected chi connectivity index (χ4v) is 5.21. The number of methoxy groups -OCH3 is 1. The molecular formula is C28H31F2N3O5S. The lowest BCUT2D eigenvalue weighted by Crippen LogP contribution is -2.51. The van der Waals surface area contributed by atoms with E-state index >= 15 is 0 Å². The Hall–Kier alpha value is -3.99. The van der Waals surface area contributed by atoms with Crippen LogP contribution >= 0.6 is 0 Å². The molecule has 2 amide bonds. The standard InChI is InChI=1S/C28H31F2N3O5S/c1-4-17-31-28(35)20(2)32(18-21-7-5-6-8-26(21)30)27(34)19-33(23-11-9-22(29)10-12-23)39(36,37)25-15-13-24(38-3)14-16-25/h5-16,20H,4,17-19H2,1-3H3,(H,31,35)/t20-/m0/s1. The van der Waals surface area contributed by atoms with Crippen LogP contribution in [0.2, 0.25) is 0 Å². The van der Waals surface area contributed by atoms with Crippen LogP contribution in [0.15, 0.2) is 77.7 Å². The van der Waals surface area contributed by atoms with Gasteiger partial charge in [0.1, 0.15) is 30.0 Å². The van der Waals surface area contributed by atoms with Crippen LogP contribution in [0.1, 0.15) is 25.8 Å². The molecule has 0 radical (unpaired) electrons. The third kappa shape index (κ3) is 7.32. The summed E-state index contributed by atoms with van der Waals surface area (Å²) in [6.45, 7) is 2.74. The molecule has 1 atom stereocenters. The highest BCUT2D eigenvalue weighted by molar-refractivity contribution is 7.92. The van der Waals surface area contributed by atoms with Gasteiger partial charge in [0.2, 0.25) is 11.8 Å². The number of halogens is 2. The third-order valence-corrected chi connectivity index (χ3v) is 7.84. The number of rotatable bonds is 12. The van der Waals surface area contributed by atoms with Crippen molar-refractivity contribution in [1.29, 1.82) is 0 Å². The molecule has 0 spiro atoms. The maximum absolute atomic E-state index is 14.5. The second kappa shape index (κ2) is 13.2. The van der Waals surface area contributed by atoms with Gasteiger partial charge >= 0.3 is 0 Å². The number of nitrogens with one attached hydrogen (secondary N) is 1. The summed E-state index contributed by atoms with van der Waals surface area (Å²) in [6, 6.07) is 15.0. The molecule has 8 nitrogen and oxygen atoms in total. The predicted octanol–water partition coefficient (Wildman–Crippen LogP) is 4.11. The molecule has 0 unspecified atom stereocenters. The first-order chi connectivity index (χ1) is 18.6. The predicted molar refractivity (Wildman–Crippen MR) is 144 cm³/mol. The van der Waals surface area contributed by atoms with Crippen molar-refractivity contribution in [3.8, 4) is 5.75 Å². The van der Waals surface area contributed by atoms with Crippen LogP contribution in [-0.2, 0) is 26.2 Å². The largest absolute Gasteiger partial charge is 0.497 e. The molecule has 0 saturated heterocycles. The van der Waals surface area contributed by atoms with Gasteiger partial charge in [-0.3, -0.25) is 13.9 Å². The molecule has 0 heterocycles. The number of nitrogens with zero attached hydrogens (tertiary/aromatic N) is 2. The second-order valence-electron chi connectivity index (χ2n) is 8.74. The van der Waals surface area contributed by atoms with Crippen LogP contribution in [-0.4, -0.2) is 51.4 Å². The van der Waals surface area contributed by atoms with Gasteiger partial charge in [-0.25, -0.2) is 17.2 Å². The smallest absolute Gasteiger partial charge is 0.264 e. The lowest BCUT2D eigenvalue weighted by molar-refractivity contribution is -0.139. The molecule has 3 aromatic rings. The molecular weight excluding hydrogens is 528 g/mol. The topological polar surface area (TPSA) is 96.0 Å². The number of benzene rings is 3. The van der Waals surface area contributed by atoms with Crippen molar-refractivity contribution in [3.63, 3.8) is 0 Å². The van der Waals surface area contributed by atoms with E-state index in [-0.39, 0.29) is 22.7 Å². The minimum Gasteiger partial charge on any atom is -0.497 e. The van der Waals surface area contributed by atoms with Crippen molar-refractivity contribution >= 4 is 27.5 Å². The average molecular weight is 560 g/mol. The molecule has 0 aliphatic carbocycles. The van der Waals surface area contributed by atoms with E-state index in [1.165, 1.54) is 68.6 Å². The average Bonchev–Trinajstić information content (AvgIpc) is 2.94. The quantitative estimate of drug-likeness (QED) is 0.360. The zero-order valence-electron chi connectivity index (χ0n) is 21.9. The third-order valence-electron chi connectivity index (χ3n) is 6.06. The van der Waals surface area contributed by atoms with Crippen LogP contribution < -0.4 is 14.4 Å². The molecule has 0 aliphatic rings. The van der Waals surface area contributed by atoms with E-state index in [1.807, 2.05) is 6.92 Å². The lowest BCUT2D eigenvalue weighted by atomic mass is 10.1. The molecule has 39 heavy (non-hydrogen) atoms. The summed E-state index contributed by atoms with van der Waals surface area (Å²) in [7, 11) is -2.89. The normalized spacial score (nSPS) is 11.9. The van der Waals surface area contributed by atoms with E-state index in [0.29, 0.717) is 18.7 Å². The molecule has 0 saturated carbocycles. The molecule has 3 rings (SSSR count).